The maximum atomic E-state index is 10.1. The molecule has 6 heteroatoms. The molecule has 0 saturated carbocycles. The van der Waals surface area contributed by atoms with Gasteiger partial charge in [0.1, 0.15) is 36.9 Å². The summed E-state index contributed by atoms with van der Waals surface area (Å²) in [6.07, 6.45) is 4.30. The van der Waals surface area contributed by atoms with Gasteiger partial charge in [-0.3, -0.25) is 0 Å². The van der Waals surface area contributed by atoms with E-state index in [-0.39, 0.29) is 6.61 Å². The molecule has 0 saturated heterocycles. The second-order valence-electron chi connectivity index (χ2n) is 6.08. The first-order valence-electron chi connectivity index (χ1n) is 8.58. The third-order valence-electron chi connectivity index (χ3n) is 4.13. The lowest BCUT2D eigenvalue weighted by Gasteiger charge is -2.15. The van der Waals surface area contributed by atoms with Crippen molar-refractivity contribution in [2.75, 3.05) is 13.7 Å². The van der Waals surface area contributed by atoms with Gasteiger partial charge in [-0.1, -0.05) is 30.3 Å². The summed E-state index contributed by atoms with van der Waals surface area (Å²) < 4.78 is 12.8. The number of hydrogen-bond donors (Lipinski definition) is 1. The molecular weight excluding hydrogens is 330 g/mol. The monoisotopic (exact) mass is 353 g/mol. The minimum Gasteiger partial charge on any atom is -0.497 e. The molecule has 0 aliphatic rings. The van der Waals surface area contributed by atoms with E-state index < -0.39 is 6.10 Å². The first kappa shape index (κ1) is 17.9. The Bertz CT molecular complexity index is 788. The highest BCUT2D eigenvalue weighted by atomic mass is 16.5. The molecule has 0 aliphatic carbocycles. The van der Waals surface area contributed by atoms with Crippen LogP contribution in [0.1, 0.15) is 11.1 Å². The highest BCUT2D eigenvalue weighted by Crippen LogP contribution is 2.21. The molecule has 0 aliphatic heterocycles. The van der Waals surface area contributed by atoms with Crippen molar-refractivity contribution in [3.05, 3.63) is 72.3 Å². The maximum Gasteiger partial charge on any atom is 0.122 e. The number of aliphatic hydroxyl groups is 1. The van der Waals surface area contributed by atoms with E-state index in [1.54, 1.807) is 24.3 Å². The number of aliphatic hydroxyl groups excluding tert-OH is 1. The molecule has 0 spiro atoms. The molecule has 0 radical (unpaired) electrons. The molecule has 0 fully saturated rings. The minimum atomic E-state index is -0.624. The fourth-order valence-electron chi connectivity index (χ4n) is 2.72. The van der Waals surface area contributed by atoms with Gasteiger partial charge in [-0.25, -0.2) is 0 Å². The third kappa shape index (κ3) is 5.07. The zero-order chi connectivity index (χ0) is 18.2. The molecule has 1 N–H and O–H groups in total. The molecule has 6 nitrogen and oxygen atoms in total. The molecule has 0 bridgehead atoms. The number of aryl methyl sites for hydroxylation is 2. The van der Waals surface area contributed by atoms with Crippen molar-refractivity contribution in [3.8, 4) is 11.5 Å². The largest absolute Gasteiger partial charge is 0.497 e. The Hall–Kier alpha value is -2.86. The fraction of sp³-hybridized carbons (Fsp3) is 0.300. The van der Waals surface area contributed by atoms with Crippen LogP contribution in [0.4, 0.5) is 0 Å². The minimum absolute atomic E-state index is 0.220. The molecule has 1 unspecified atom stereocenters. The number of methoxy groups -OCH3 is 1. The number of benzene rings is 2. The predicted molar refractivity (Wildman–Crippen MR) is 98.4 cm³/mol. The van der Waals surface area contributed by atoms with E-state index >= 15 is 0 Å². The third-order valence-corrected chi connectivity index (χ3v) is 4.13. The summed E-state index contributed by atoms with van der Waals surface area (Å²) in [6.45, 7) is 0.624. The molecule has 136 valence electrons. The molecule has 3 aromatic rings. The molecule has 1 atom stereocenters. The molecule has 2 aromatic carbocycles. The van der Waals surface area contributed by atoms with E-state index in [0.717, 1.165) is 29.9 Å². The van der Waals surface area contributed by atoms with E-state index in [9.17, 15) is 5.11 Å². The molecular formula is C20H23N3O3. The summed E-state index contributed by atoms with van der Waals surface area (Å²) in [5.41, 5.74) is 2.37. The lowest BCUT2D eigenvalue weighted by molar-refractivity contribution is 0.0919. The van der Waals surface area contributed by atoms with Gasteiger partial charge in [-0.2, -0.15) is 0 Å². The normalized spacial score (nSPS) is 11.9. The Morgan fingerprint density at radius 1 is 1.00 bits per heavy atom. The van der Waals surface area contributed by atoms with Gasteiger partial charge in [-0.15, -0.1) is 10.2 Å². The van der Waals surface area contributed by atoms with E-state index in [1.165, 1.54) is 5.56 Å². The van der Waals surface area contributed by atoms with Crippen LogP contribution in [0.3, 0.4) is 0 Å². The lowest BCUT2D eigenvalue weighted by Crippen LogP contribution is -2.23. The first-order valence-corrected chi connectivity index (χ1v) is 8.58. The van der Waals surface area contributed by atoms with Crippen LogP contribution in [0.2, 0.25) is 0 Å². The maximum absolute atomic E-state index is 10.1. The first-order chi connectivity index (χ1) is 12.7. The van der Waals surface area contributed by atoms with Crippen molar-refractivity contribution >= 4 is 0 Å². The van der Waals surface area contributed by atoms with Crippen molar-refractivity contribution in [1.29, 1.82) is 0 Å². The van der Waals surface area contributed by atoms with Crippen LogP contribution in [-0.2, 0) is 19.4 Å². The van der Waals surface area contributed by atoms with Gasteiger partial charge in [0.05, 0.1) is 13.7 Å². The summed E-state index contributed by atoms with van der Waals surface area (Å²) >= 11 is 0. The number of aromatic nitrogens is 3. The van der Waals surface area contributed by atoms with Crippen LogP contribution in [0.25, 0.3) is 0 Å². The average Bonchev–Trinajstić information content (AvgIpc) is 3.18. The van der Waals surface area contributed by atoms with Crippen LogP contribution < -0.4 is 9.47 Å². The van der Waals surface area contributed by atoms with E-state index in [2.05, 4.69) is 28.4 Å². The van der Waals surface area contributed by atoms with Gasteiger partial charge in [0.15, 0.2) is 0 Å². The Kier molecular flexibility index (Phi) is 6.22. The fourth-order valence-corrected chi connectivity index (χ4v) is 2.72. The smallest absolute Gasteiger partial charge is 0.122 e. The van der Waals surface area contributed by atoms with Crippen molar-refractivity contribution in [2.45, 2.75) is 25.5 Å². The van der Waals surface area contributed by atoms with Gasteiger partial charge >= 0.3 is 0 Å². The summed E-state index contributed by atoms with van der Waals surface area (Å²) in [4.78, 5) is 0. The molecule has 26 heavy (non-hydrogen) atoms. The molecule has 1 aromatic heterocycles. The molecule has 1 heterocycles. The predicted octanol–water partition coefficient (Wildman–Crippen LogP) is 2.51. The SMILES string of the molecule is COc1ccc(CCc2ccccc2OCC(O)Cn2cnnc2)cc1. The zero-order valence-electron chi connectivity index (χ0n) is 14.8. The molecule has 0 amide bonds. The van der Waals surface area contributed by atoms with Crippen molar-refractivity contribution in [2.24, 2.45) is 0 Å². The zero-order valence-corrected chi connectivity index (χ0v) is 14.8. The van der Waals surface area contributed by atoms with Gasteiger partial charge in [-0.05, 0) is 42.2 Å². The topological polar surface area (TPSA) is 69.4 Å². The van der Waals surface area contributed by atoms with Crippen molar-refractivity contribution in [1.82, 2.24) is 14.8 Å². The highest BCUT2D eigenvalue weighted by Gasteiger charge is 2.09. The van der Waals surface area contributed by atoms with Gasteiger partial charge < -0.3 is 19.1 Å². The number of ether oxygens (including phenoxy) is 2. The number of para-hydroxylation sites is 1. The second-order valence-corrected chi connectivity index (χ2v) is 6.08. The highest BCUT2D eigenvalue weighted by molar-refractivity contribution is 5.35. The van der Waals surface area contributed by atoms with E-state index in [4.69, 9.17) is 9.47 Å². The summed E-state index contributed by atoms with van der Waals surface area (Å²) in [5, 5.41) is 17.6. The quantitative estimate of drug-likeness (QED) is 0.640. The summed E-state index contributed by atoms with van der Waals surface area (Å²) in [7, 11) is 1.67. The standard InChI is InChI=1S/C20H23N3O3/c1-25-19-10-7-16(8-11-19)6-9-17-4-2-3-5-20(17)26-13-18(24)12-23-14-21-22-15-23/h2-5,7-8,10-11,14-15,18,24H,6,9,12-13H2,1H3. The van der Waals surface area contributed by atoms with Gasteiger partial charge in [0.2, 0.25) is 0 Å². The summed E-state index contributed by atoms with van der Waals surface area (Å²) in [5.74, 6) is 1.67. The van der Waals surface area contributed by atoms with E-state index in [0.29, 0.717) is 6.54 Å². The number of rotatable bonds is 9. The van der Waals surface area contributed by atoms with Crippen molar-refractivity contribution < 1.29 is 14.6 Å². The van der Waals surface area contributed by atoms with Crippen LogP contribution >= 0.6 is 0 Å². The van der Waals surface area contributed by atoms with E-state index in [1.807, 2.05) is 30.3 Å². The Morgan fingerprint density at radius 2 is 1.73 bits per heavy atom. The number of nitrogens with zero attached hydrogens (tertiary/aromatic N) is 3. The van der Waals surface area contributed by atoms with Crippen LogP contribution in [-0.4, -0.2) is 39.7 Å². The Morgan fingerprint density at radius 3 is 2.46 bits per heavy atom. The van der Waals surface area contributed by atoms with Gasteiger partial charge in [0.25, 0.3) is 0 Å². The van der Waals surface area contributed by atoms with Gasteiger partial charge in [0, 0.05) is 0 Å². The Balaban J connectivity index is 1.55. The number of hydrogen-bond acceptors (Lipinski definition) is 5. The molecule has 3 rings (SSSR count). The lowest BCUT2D eigenvalue weighted by atomic mass is 10.0. The van der Waals surface area contributed by atoms with Crippen LogP contribution in [0.5, 0.6) is 11.5 Å². The second kappa shape index (κ2) is 9.01. The van der Waals surface area contributed by atoms with Crippen molar-refractivity contribution in [3.63, 3.8) is 0 Å². The summed E-state index contributed by atoms with van der Waals surface area (Å²) in [6, 6.07) is 16.0. The van der Waals surface area contributed by atoms with Crippen LogP contribution in [0, 0.1) is 0 Å². The van der Waals surface area contributed by atoms with Crippen LogP contribution in [0.15, 0.2) is 61.2 Å². The Labute approximate surface area is 153 Å². The average molecular weight is 353 g/mol.